The zero-order valence-electron chi connectivity index (χ0n) is 11.5. The monoisotopic (exact) mass is 284 g/mol. The van der Waals surface area contributed by atoms with E-state index in [2.05, 4.69) is 10.3 Å². The van der Waals surface area contributed by atoms with Crippen LogP contribution in [-0.4, -0.2) is 35.3 Å². The number of methoxy groups -OCH3 is 1. The van der Waals surface area contributed by atoms with Crippen molar-refractivity contribution in [2.24, 2.45) is 0 Å². The molecule has 5 nitrogen and oxygen atoms in total. The van der Waals surface area contributed by atoms with Crippen LogP contribution in [0.5, 0.6) is 0 Å². The molecule has 0 radical (unpaired) electrons. The molecule has 1 aliphatic carbocycles. The third-order valence-corrected chi connectivity index (χ3v) is 4.74. The predicted octanol–water partition coefficient (Wildman–Crippen LogP) is 2.49. The summed E-state index contributed by atoms with van der Waals surface area (Å²) in [5, 5.41) is 15.0. The molecule has 0 unspecified atom stereocenters. The van der Waals surface area contributed by atoms with E-state index in [4.69, 9.17) is 4.74 Å². The maximum Gasteiger partial charge on any atom is 0.315 e. The number of hydrogen-bond acceptors (Lipinski definition) is 5. The van der Waals surface area contributed by atoms with Gasteiger partial charge in [0.25, 0.3) is 0 Å². The minimum Gasteiger partial charge on any atom is -0.481 e. The first-order valence-corrected chi connectivity index (χ1v) is 7.26. The number of aromatic nitrogens is 1. The van der Waals surface area contributed by atoms with E-state index in [-0.39, 0.29) is 5.60 Å². The third kappa shape index (κ3) is 2.74. The molecule has 1 aromatic rings. The van der Waals surface area contributed by atoms with Crippen molar-refractivity contribution in [3.8, 4) is 0 Å². The van der Waals surface area contributed by atoms with Gasteiger partial charge in [0, 0.05) is 19.0 Å². The first-order valence-electron chi connectivity index (χ1n) is 6.38. The van der Waals surface area contributed by atoms with Crippen LogP contribution in [-0.2, 0) is 14.9 Å². The van der Waals surface area contributed by atoms with Gasteiger partial charge in [-0.15, -0.1) is 11.3 Å². The average Bonchev–Trinajstić information content (AvgIpc) is 2.77. The molecular weight excluding hydrogens is 264 g/mol. The molecule has 1 fully saturated rings. The van der Waals surface area contributed by atoms with Crippen molar-refractivity contribution in [2.45, 2.75) is 44.1 Å². The van der Waals surface area contributed by atoms with Crippen LogP contribution in [0.25, 0.3) is 0 Å². The zero-order valence-corrected chi connectivity index (χ0v) is 12.3. The Morgan fingerprint density at radius 2 is 2.32 bits per heavy atom. The van der Waals surface area contributed by atoms with Gasteiger partial charge < -0.3 is 15.2 Å². The lowest BCUT2D eigenvalue weighted by Crippen LogP contribution is -2.45. The zero-order chi connectivity index (χ0) is 14.1. The van der Waals surface area contributed by atoms with Gasteiger partial charge in [0.15, 0.2) is 5.13 Å². The molecule has 0 aliphatic heterocycles. The summed E-state index contributed by atoms with van der Waals surface area (Å²) in [5.74, 6) is -0.864. The Kier molecular flexibility index (Phi) is 3.82. The molecular formula is C13H20N2O3S. The van der Waals surface area contributed by atoms with E-state index in [0.717, 1.165) is 24.5 Å². The number of rotatable bonds is 6. The van der Waals surface area contributed by atoms with E-state index < -0.39 is 11.4 Å². The van der Waals surface area contributed by atoms with E-state index in [1.54, 1.807) is 26.3 Å². The van der Waals surface area contributed by atoms with Crippen molar-refractivity contribution < 1.29 is 14.6 Å². The number of ether oxygens (including phenoxy) is 1. The number of carboxylic acid groups (broad SMARTS) is 1. The van der Waals surface area contributed by atoms with Crippen molar-refractivity contribution in [3.63, 3.8) is 0 Å². The van der Waals surface area contributed by atoms with E-state index in [1.165, 1.54) is 17.8 Å². The number of nitrogens with zero attached hydrogens (tertiary/aromatic N) is 1. The number of carboxylic acids is 1. The highest BCUT2D eigenvalue weighted by Gasteiger charge is 2.37. The van der Waals surface area contributed by atoms with Crippen LogP contribution < -0.4 is 5.32 Å². The highest BCUT2D eigenvalue weighted by Crippen LogP contribution is 2.35. The van der Waals surface area contributed by atoms with Gasteiger partial charge in [-0.05, 0) is 33.1 Å². The van der Waals surface area contributed by atoms with Gasteiger partial charge in [-0.25, -0.2) is 4.98 Å². The standard InChI is InChI=1S/C13H20N2O3S/c1-12(2,10(16)17)9-7-19-11(15-9)14-8-13(18-3)5-4-6-13/h7H,4-6,8H2,1-3H3,(H,14,15)(H,16,17). The third-order valence-electron chi connectivity index (χ3n) is 3.94. The largest absolute Gasteiger partial charge is 0.481 e. The van der Waals surface area contributed by atoms with E-state index >= 15 is 0 Å². The summed E-state index contributed by atoms with van der Waals surface area (Å²) >= 11 is 1.44. The molecule has 1 aliphatic rings. The Labute approximate surface area is 117 Å². The number of thiazole rings is 1. The second kappa shape index (κ2) is 5.09. The normalized spacial score (nSPS) is 17.8. The molecule has 1 aromatic heterocycles. The van der Waals surface area contributed by atoms with Gasteiger partial charge in [-0.2, -0.15) is 0 Å². The number of nitrogens with one attached hydrogen (secondary N) is 1. The molecule has 19 heavy (non-hydrogen) atoms. The second-order valence-corrected chi connectivity index (χ2v) is 6.42. The lowest BCUT2D eigenvalue weighted by Gasteiger charge is -2.40. The molecule has 0 aromatic carbocycles. The van der Waals surface area contributed by atoms with Crippen molar-refractivity contribution in [2.75, 3.05) is 19.0 Å². The lowest BCUT2D eigenvalue weighted by atomic mass is 9.80. The van der Waals surface area contributed by atoms with Crippen LogP contribution in [0.3, 0.4) is 0 Å². The van der Waals surface area contributed by atoms with Crippen LogP contribution >= 0.6 is 11.3 Å². The topological polar surface area (TPSA) is 71.5 Å². The lowest BCUT2D eigenvalue weighted by molar-refractivity contribution is -0.142. The number of anilines is 1. The average molecular weight is 284 g/mol. The molecule has 0 spiro atoms. The van der Waals surface area contributed by atoms with Crippen molar-refractivity contribution in [3.05, 3.63) is 11.1 Å². The number of hydrogen-bond donors (Lipinski definition) is 2. The summed E-state index contributed by atoms with van der Waals surface area (Å²) in [6.45, 7) is 4.05. The summed E-state index contributed by atoms with van der Waals surface area (Å²) in [7, 11) is 1.74. The Morgan fingerprint density at radius 3 is 2.79 bits per heavy atom. The molecule has 2 N–H and O–H groups in total. The van der Waals surface area contributed by atoms with Crippen LogP contribution in [0, 0.1) is 0 Å². The Balaban J connectivity index is 2.00. The van der Waals surface area contributed by atoms with Gasteiger partial charge in [0.2, 0.25) is 0 Å². The van der Waals surface area contributed by atoms with Crippen LogP contribution in [0.15, 0.2) is 5.38 Å². The molecule has 0 amide bonds. The summed E-state index contributed by atoms with van der Waals surface area (Å²) < 4.78 is 5.53. The summed E-state index contributed by atoms with van der Waals surface area (Å²) in [5.41, 5.74) is -0.424. The summed E-state index contributed by atoms with van der Waals surface area (Å²) in [4.78, 5) is 15.5. The molecule has 0 bridgehead atoms. The van der Waals surface area contributed by atoms with E-state index in [9.17, 15) is 9.90 Å². The van der Waals surface area contributed by atoms with Gasteiger partial charge in [0.1, 0.15) is 5.41 Å². The highest BCUT2D eigenvalue weighted by molar-refractivity contribution is 7.13. The molecule has 6 heteroatoms. The maximum atomic E-state index is 11.2. The minimum atomic E-state index is -0.953. The van der Waals surface area contributed by atoms with Crippen molar-refractivity contribution >= 4 is 22.4 Å². The minimum absolute atomic E-state index is 0.0614. The maximum absolute atomic E-state index is 11.2. The first-order chi connectivity index (χ1) is 8.89. The van der Waals surface area contributed by atoms with E-state index in [0.29, 0.717) is 5.69 Å². The molecule has 0 saturated heterocycles. The fourth-order valence-electron chi connectivity index (χ4n) is 2.01. The Hall–Kier alpha value is -1.14. The van der Waals surface area contributed by atoms with Crippen molar-refractivity contribution in [1.82, 2.24) is 4.98 Å². The Bertz CT molecular complexity index is 461. The van der Waals surface area contributed by atoms with Crippen LogP contribution in [0.4, 0.5) is 5.13 Å². The molecule has 1 saturated carbocycles. The van der Waals surface area contributed by atoms with Crippen LogP contribution in [0.2, 0.25) is 0 Å². The van der Waals surface area contributed by atoms with Crippen LogP contribution in [0.1, 0.15) is 38.8 Å². The smallest absolute Gasteiger partial charge is 0.315 e. The molecule has 0 atom stereocenters. The summed E-state index contributed by atoms with van der Waals surface area (Å²) in [6, 6.07) is 0. The van der Waals surface area contributed by atoms with E-state index in [1.807, 2.05) is 0 Å². The first kappa shape index (κ1) is 14.3. The highest BCUT2D eigenvalue weighted by atomic mass is 32.1. The van der Waals surface area contributed by atoms with Gasteiger partial charge in [-0.3, -0.25) is 4.79 Å². The SMILES string of the molecule is COC1(CNc2nc(C(C)(C)C(=O)O)cs2)CCC1. The fraction of sp³-hybridized carbons (Fsp3) is 0.692. The molecule has 106 valence electrons. The Morgan fingerprint density at radius 1 is 1.63 bits per heavy atom. The number of aliphatic carboxylic acids is 1. The van der Waals surface area contributed by atoms with Crippen molar-refractivity contribution in [1.29, 1.82) is 0 Å². The second-order valence-electron chi connectivity index (χ2n) is 5.56. The summed E-state index contributed by atoms with van der Waals surface area (Å²) in [6.07, 6.45) is 3.33. The molecule has 1 heterocycles. The van der Waals surface area contributed by atoms with Gasteiger partial charge >= 0.3 is 5.97 Å². The number of carbonyl (C=O) groups is 1. The van der Waals surface area contributed by atoms with Gasteiger partial charge in [-0.1, -0.05) is 0 Å². The predicted molar refractivity (Wildman–Crippen MR) is 74.9 cm³/mol. The fourth-order valence-corrected chi connectivity index (χ4v) is 2.89. The quantitative estimate of drug-likeness (QED) is 0.839. The molecule has 2 rings (SSSR count). The van der Waals surface area contributed by atoms with Gasteiger partial charge in [0.05, 0.1) is 11.3 Å².